The summed E-state index contributed by atoms with van der Waals surface area (Å²) in [4.78, 5) is 18.5. The van der Waals surface area contributed by atoms with Crippen LogP contribution in [0.25, 0.3) is 0 Å². The van der Waals surface area contributed by atoms with Gasteiger partial charge in [0.05, 0.1) is 30.3 Å². The molecular weight excluding hydrogens is 280 g/mol. The summed E-state index contributed by atoms with van der Waals surface area (Å²) in [5, 5.41) is 0.440. The van der Waals surface area contributed by atoms with Gasteiger partial charge in [0.25, 0.3) is 5.91 Å². The number of piperidine rings is 1. The lowest BCUT2D eigenvalue weighted by Crippen LogP contribution is -2.51. The maximum atomic E-state index is 12.6. The van der Waals surface area contributed by atoms with Crippen molar-refractivity contribution in [2.24, 2.45) is 0 Å². The van der Waals surface area contributed by atoms with Crippen LogP contribution in [0.1, 0.15) is 28.9 Å². The molecule has 1 spiro atoms. The predicted molar refractivity (Wildman–Crippen MR) is 73.8 cm³/mol. The Labute approximate surface area is 122 Å². The van der Waals surface area contributed by atoms with Crippen molar-refractivity contribution >= 4 is 17.5 Å². The Balaban J connectivity index is 1.79. The van der Waals surface area contributed by atoms with E-state index in [1.54, 1.807) is 11.0 Å². The van der Waals surface area contributed by atoms with Crippen molar-refractivity contribution < 1.29 is 14.3 Å². The van der Waals surface area contributed by atoms with E-state index in [0.717, 1.165) is 18.5 Å². The molecule has 20 heavy (non-hydrogen) atoms. The van der Waals surface area contributed by atoms with E-state index in [-0.39, 0.29) is 5.91 Å². The van der Waals surface area contributed by atoms with E-state index in [0.29, 0.717) is 36.9 Å². The van der Waals surface area contributed by atoms with Crippen LogP contribution < -0.4 is 0 Å². The first-order valence-electron chi connectivity index (χ1n) is 6.79. The number of carbonyl (C=O) groups excluding carboxylic acids is 1. The maximum Gasteiger partial charge on any atom is 0.257 e. The molecule has 2 saturated heterocycles. The average molecular weight is 297 g/mol. The van der Waals surface area contributed by atoms with Gasteiger partial charge in [-0.2, -0.15) is 0 Å². The zero-order valence-electron chi connectivity index (χ0n) is 11.4. The van der Waals surface area contributed by atoms with Crippen LogP contribution in [-0.2, 0) is 9.47 Å². The van der Waals surface area contributed by atoms with Gasteiger partial charge in [0.1, 0.15) is 0 Å². The first-order valence-corrected chi connectivity index (χ1v) is 7.17. The van der Waals surface area contributed by atoms with Gasteiger partial charge in [-0.1, -0.05) is 11.6 Å². The zero-order chi connectivity index (χ0) is 14.2. The highest BCUT2D eigenvalue weighted by Crippen LogP contribution is 2.31. The van der Waals surface area contributed by atoms with Gasteiger partial charge in [-0.05, 0) is 19.4 Å². The van der Waals surface area contributed by atoms with Crippen LogP contribution in [0.3, 0.4) is 0 Å². The summed E-state index contributed by atoms with van der Waals surface area (Å²) in [6, 6.07) is 1.71. The molecule has 0 aromatic carbocycles. The molecule has 2 fully saturated rings. The largest absolute Gasteiger partial charge is 0.346 e. The normalized spacial score (nSPS) is 21.4. The van der Waals surface area contributed by atoms with Gasteiger partial charge in [0, 0.05) is 24.9 Å². The van der Waals surface area contributed by atoms with Crippen molar-refractivity contribution in [2.45, 2.75) is 25.6 Å². The molecule has 0 unspecified atom stereocenters. The van der Waals surface area contributed by atoms with Crippen LogP contribution in [0.5, 0.6) is 0 Å². The molecule has 2 aliphatic heterocycles. The fraction of sp³-hybridized carbons (Fsp3) is 0.571. The van der Waals surface area contributed by atoms with Gasteiger partial charge in [-0.15, -0.1) is 0 Å². The number of aryl methyl sites for hydroxylation is 1. The standard InChI is InChI=1S/C14H17ClN2O3/c1-10-7-12(15)11(8-16-10)13(18)17-4-2-3-14(9-17)19-5-6-20-14/h7-8H,2-6,9H2,1H3. The summed E-state index contributed by atoms with van der Waals surface area (Å²) in [5.41, 5.74) is 1.23. The van der Waals surface area contributed by atoms with Crippen molar-refractivity contribution in [1.82, 2.24) is 9.88 Å². The molecule has 1 amide bonds. The first kappa shape index (κ1) is 13.8. The molecule has 3 rings (SSSR count). The lowest BCUT2D eigenvalue weighted by molar-refractivity contribution is -0.183. The molecular formula is C14H17ClN2O3. The van der Waals surface area contributed by atoms with Gasteiger partial charge in [-0.25, -0.2) is 0 Å². The number of aromatic nitrogens is 1. The van der Waals surface area contributed by atoms with Crippen molar-refractivity contribution in [3.63, 3.8) is 0 Å². The van der Waals surface area contributed by atoms with Gasteiger partial charge in [-0.3, -0.25) is 9.78 Å². The molecule has 5 nitrogen and oxygen atoms in total. The Morgan fingerprint density at radius 1 is 1.45 bits per heavy atom. The fourth-order valence-electron chi connectivity index (χ4n) is 2.75. The molecule has 6 heteroatoms. The van der Waals surface area contributed by atoms with Crippen LogP contribution in [0.2, 0.25) is 5.02 Å². The monoisotopic (exact) mass is 296 g/mol. The van der Waals surface area contributed by atoms with Gasteiger partial charge >= 0.3 is 0 Å². The van der Waals surface area contributed by atoms with Crippen molar-refractivity contribution in [3.05, 3.63) is 28.5 Å². The maximum absolute atomic E-state index is 12.6. The Hall–Kier alpha value is -1.17. The number of halogens is 1. The third-order valence-corrected chi connectivity index (χ3v) is 4.05. The third-order valence-electron chi connectivity index (χ3n) is 3.74. The van der Waals surface area contributed by atoms with Crippen LogP contribution in [0, 0.1) is 6.92 Å². The molecule has 2 aliphatic rings. The summed E-state index contributed by atoms with van der Waals surface area (Å²) < 4.78 is 11.4. The molecule has 0 aliphatic carbocycles. The smallest absolute Gasteiger partial charge is 0.257 e. The number of hydrogen-bond donors (Lipinski definition) is 0. The van der Waals surface area contributed by atoms with Crippen LogP contribution in [0.15, 0.2) is 12.3 Å². The first-order chi connectivity index (χ1) is 9.60. The van der Waals surface area contributed by atoms with E-state index < -0.39 is 5.79 Å². The quantitative estimate of drug-likeness (QED) is 0.795. The highest BCUT2D eigenvalue weighted by molar-refractivity contribution is 6.33. The number of carbonyl (C=O) groups is 1. The fourth-order valence-corrected chi connectivity index (χ4v) is 3.04. The van der Waals surface area contributed by atoms with Crippen LogP contribution >= 0.6 is 11.6 Å². The second kappa shape index (κ2) is 5.31. The number of pyridine rings is 1. The van der Waals surface area contributed by atoms with Crippen LogP contribution in [-0.4, -0.2) is 47.9 Å². The summed E-state index contributed by atoms with van der Waals surface area (Å²) in [7, 11) is 0. The number of rotatable bonds is 1. The molecule has 3 heterocycles. The number of amides is 1. The minimum Gasteiger partial charge on any atom is -0.346 e. The topological polar surface area (TPSA) is 51.7 Å². The molecule has 0 bridgehead atoms. The van der Waals surface area contributed by atoms with Gasteiger partial charge in [0.15, 0.2) is 5.79 Å². The van der Waals surface area contributed by atoms with E-state index >= 15 is 0 Å². The average Bonchev–Trinajstić information content (AvgIpc) is 2.86. The molecule has 0 saturated carbocycles. The molecule has 0 radical (unpaired) electrons. The second-order valence-electron chi connectivity index (χ2n) is 5.24. The van der Waals surface area contributed by atoms with E-state index in [4.69, 9.17) is 21.1 Å². The zero-order valence-corrected chi connectivity index (χ0v) is 12.2. The Morgan fingerprint density at radius 2 is 2.20 bits per heavy atom. The van der Waals surface area contributed by atoms with Gasteiger partial charge in [0.2, 0.25) is 0 Å². The minimum atomic E-state index is -0.613. The van der Waals surface area contributed by atoms with Crippen molar-refractivity contribution in [1.29, 1.82) is 0 Å². The number of nitrogens with zero attached hydrogens (tertiary/aromatic N) is 2. The highest BCUT2D eigenvalue weighted by Gasteiger charge is 2.42. The number of hydrogen-bond acceptors (Lipinski definition) is 4. The Morgan fingerprint density at radius 3 is 2.90 bits per heavy atom. The molecule has 108 valence electrons. The third kappa shape index (κ3) is 2.53. The minimum absolute atomic E-state index is 0.110. The molecule has 0 N–H and O–H groups in total. The molecule has 0 atom stereocenters. The Kier molecular flexibility index (Phi) is 3.67. The van der Waals surface area contributed by atoms with E-state index in [9.17, 15) is 4.79 Å². The van der Waals surface area contributed by atoms with E-state index in [2.05, 4.69) is 4.98 Å². The Bertz CT molecular complexity index is 529. The second-order valence-corrected chi connectivity index (χ2v) is 5.65. The number of likely N-dealkylation sites (tertiary alicyclic amines) is 1. The van der Waals surface area contributed by atoms with E-state index in [1.165, 1.54) is 6.20 Å². The molecule has 1 aromatic rings. The number of ether oxygens (including phenoxy) is 2. The lowest BCUT2D eigenvalue weighted by Gasteiger charge is -2.38. The van der Waals surface area contributed by atoms with Crippen molar-refractivity contribution in [3.8, 4) is 0 Å². The summed E-state index contributed by atoms with van der Waals surface area (Å²) in [6.07, 6.45) is 3.23. The van der Waals surface area contributed by atoms with Gasteiger partial charge < -0.3 is 14.4 Å². The molecule has 1 aromatic heterocycles. The van der Waals surface area contributed by atoms with Crippen LogP contribution in [0.4, 0.5) is 0 Å². The predicted octanol–water partition coefficient (Wildman–Crippen LogP) is 2.02. The summed E-state index contributed by atoms with van der Waals surface area (Å²) in [5.74, 6) is -0.723. The van der Waals surface area contributed by atoms with E-state index in [1.807, 2.05) is 6.92 Å². The summed E-state index contributed by atoms with van der Waals surface area (Å²) in [6.45, 7) is 4.17. The van der Waals surface area contributed by atoms with Crippen molar-refractivity contribution in [2.75, 3.05) is 26.3 Å². The highest BCUT2D eigenvalue weighted by atomic mass is 35.5. The summed E-state index contributed by atoms with van der Waals surface area (Å²) >= 11 is 6.14. The SMILES string of the molecule is Cc1cc(Cl)c(C(=O)N2CCCC3(C2)OCCO3)cn1. The lowest BCUT2D eigenvalue weighted by atomic mass is 10.0.